The molecule has 4 aliphatic heterocycles. The molecule has 59 heavy (non-hydrogen) atoms. The minimum atomic E-state index is -2.95. The zero-order chi connectivity index (χ0) is 41.7. The molecule has 0 aromatic heterocycles. The number of hydrogen-bond donors (Lipinski definition) is 7. The van der Waals surface area contributed by atoms with Crippen molar-refractivity contribution in [3.8, 4) is 11.8 Å². The summed E-state index contributed by atoms with van der Waals surface area (Å²) < 4.78 is 18.1. The molecule has 6 aliphatic carbocycles. The molecule has 4 saturated carbocycles. The Morgan fingerprint density at radius 3 is 2.46 bits per heavy atom. The van der Waals surface area contributed by atoms with Crippen molar-refractivity contribution in [3.05, 3.63) is 11.1 Å². The molecule has 13 nitrogen and oxygen atoms in total. The number of aliphatic hydroxyl groups is 6. The maximum Gasteiger partial charge on any atom is 0.240 e. The van der Waals surface area contributed by atoms with Gasteiger partial charge in [-0.05, 0) is 100 Å². The number of hydrogen-bond acceptors (Lipinski definition) is 12. The maximum atomic E-state index is 15.1. The molecule has 1 spiro atoms. The third kappa shape index (κ3) is 5.11. The summed E-state index contributed by atoms with van der Waals surface area (Å²) in [7, 11) is 1.67. The number of carbonyl (C=O) groups excluding carboxylic acids is 2. The Bertz CT molecular complexity index is 1870. The highest BCUT2D eigenvalue weighted by Crippen LogP contribution is 2.77. The van der Waals surface area contributed by atoms with Crippen molar-refractivity contribution < 1.29 is 54.4 Å². The number of nitrogens with zero attached hydrogens (tertiary/aromatic N) is 1. The third-order valence-corrected chi connectivity index (χ3v) is 19.2. The molecule has 13 heteroatoms. The molecule has 326 valence electrons. The largest absolute Gasteiger partial charge is 0.396 e. The number of methoxy groups -OCH3 is 1. The quantitative estimate of drug-likeness (QED) is 0.0892. The van der Waals surface area contributed by atoms with E-state index in [1.54, 1.807) is 7.11 Å². The minimum Gasteiger partial charge on any atom is -0.396 e. The molecule has 10 rings (SSSR count). The molecule has 1 amide bonds. The van der Waals surface area contributed by atoms with E-state index in [1.165, 1.54) is 6.92 Å². The molecule has 7 bridgehead atoms. The molecule has 3 saturated heterocycles. The number of nitrogens with one attached hydrogen (secondary N) is 1. The predicted molar refractivity (Wildman–Crippen MR) is 212 cm³/mol. The molecule has 0 aromatic rings. The number of allylic oxidation sites excluding steroid dienone is 1. The lowest BCUT2D eigenvalue weighted by Gasteiger charge is -2.67. The molecule has 7 fully saturated rings. The highest BCUT2D eigenvalue weighted by Gasteiger charge is 2.80. The average Bonchev–Trinajstić information content (AvgIpc) is 3.49. The molecule has 10 aliphatic rings. The van der Waals surface area contributed by atoms with Gasteiger partial charge in [0, 0.05) is 74.4 Å². The minimum absolute atomic E-state index is 0.0507. The fraction of sp³-hybridized carbons (Fsp3) is 0.870. The first-order valence-electron chi connectivity index (χ1n) is 22.8. The van der Waals surface area contributed by atoms with Crippen LogP contribution in [0.15, 0.2) is 11.1 Å². The molecule has 0 aromatic carbocycles. The van der Waals surface area contributed by atoms with E-state index in [2.05, 4.69) is 24.1 Å². The summed E-state index contributed by atoms with van der Waals surface area (Å²) in [5.41, 5.74) is -5.86. The number of piperidine rings is 1. The van der Waals surface area contributed by atoms with Crippen LogP contribution in [0.1, 0.15) is 111 Å². The molecule has 16 atom stereocenters. The average molecular weight is 823 g/mol. The van der Waals surface area contributed by atoms with E-state index < -0.39 is 87.5 Å². The van der Waals surface area contributed by atoms with E-state index in [4.69, 9.17) is 14.2 Å². The Morgan fingerprint density at radius 1 is 0.966 bits per heavy atom. The zero-order valence-corrected chi connectivity index (χ0v) is 35.3. The maximum absolute atomic E-state index is 15.1. The standard InChI is InChI=1S/C46H66N2O11/c1-40-16-12-27(58-20-8-19-57-4)22-30(40)33(50)28-11-10-25-21-31-41(2)17-18-44(40,35(28)45(25,41)54)15-7-9-26-23-48(26)39(52)36-43(13-5-6-14-43)32-29(24-49)37(46(55,56)42(31,3)53)59-34(32)38(51)47-36/h25-27,29-32,34,36-38,47,49,51,53-56H,5-6,8-14,16-24H2,1-4H3. The van der Waals surface area contributed by atoms with Crippen LogP contribution in [0.2, 0.25) is 0 Å². The van der Waals surface area contributed by atoms with Crippen LogP contribution < -0.4 is 5.32 Å². The van der Waals surface area contributed by atoms with Gasteiger partial charge in [0.05, 0.1) is 29.2 Å². The van der Waals surface area contributed by atoms with Gasteiger partial charge >= 0.3 is 0 Å². The normalized spacial score (nSPS) is 51.3. The number of fused-ring (bicyclic) bond motifs is 3. The Kier molecular flexibility index (Phi) is 9.41. The van der Waals surface area contributed by atoms with Crippen molar-refractivity contribution in [2.75, 3.05) is 33.5 Å². The highest BCUT2D eigenvalue weighted by molar-refractivity contribution is 6.01. The lowest BCUT2D eigenvalue weighted by molar-refractivity contribution is -0.345. The number of ketones is 1. The summed E-state index contributed by atoms with van der Waals surface area (Å²) in [5, 5.41) is 78.1. The van der Waals surface area contributed by atoms with E-state index in [9.17, 15) is 35.4 Å². The Labute approximate surface area is 347 Å². The van der Waals surface area contributed by atoms with Crippen molar-refractivity contribution in [3.63, 3.8) is 0 Å². The van der Waals surface area contributed by atoms with Gasteiger partial charge in [0.15, 0.2) is 5.78 Å². The van der Waals surface area contributed by atoms with Gasteiger partial charge < -0.3 is 49.7 Å². The second-order valence-corrected chi connectivity index (χ2v) is 21.3. The summed E-state index contributed by atoms with van der Waals surface area (Å²) in [6.07, 6.45) is 4.43. The topological polar surface area (TPSA) is 198 Å². The Balaban J connectivity index is 1.13. The van der Waals surface area contributed by atoms with Crippen LogP contribution in [-0.2, 0) is 23.8 Å². The number of ether oxygens (including phenoxy) is 3. The number of carbonyl (C=O) groups is 2. The molecule has 16 unspecified atom stereocenters. The zero-order valence-electron chi connectivity index (χ0n) is 35.3. The summed E-state index contributed by atoms with van der Waals surface area (Å²) in [5.74, 6) is 1.25. The lowest BCUT2D eigenvalue weighted by atomic mass is 9.37. The molecular formula is C46H66N2O11. The Morgan fingerprint density at radius 2 is 1.73 bits per heavy atom. The number of rotatable bonds is 6. The van der Waals surface area contributed by atoms with E-state index >= 15 is 4.79 Å². The predicted octanol–water partition coefficient (Wildman–Crippen LogP) is 1.93. The summed E-state index contributed by atoms with van der Waals surface area (Å²) in [6, 6.07) is -0.910. The van der Waals surface area contributed by atoms with Gasteiger partial charge in [-0.15, -0.1) is 5.92 Å². The summed E-state index contributed by atoms with van der Waals surface area (Å²) in [4.78, 5) is 31.5. The first-order chi connectivity index (χ1) is 28.0. The SMILES string of the molecule is COCCCOC1CCC2(C)C(C1)C(=O)C1=C3C24C#CCC2CN2C(=O)C2NC(O)C5OC(C(CO)C5C25CCCC5)C(O)(O)C(C)(O)C2CC(CC1)C3(O)C2(C)CC4. The van der Waals surface area contributed by atoms with Gasteiger partial charge in [-0.2, -0.15) is 0 Å². The second-order valence-electron chi connectivity index (χ2n) is 21.3. The van der Waals surface area contributed by atoms with Gasteiger partial charge in [-0.3, -0.25) is 14.9 Å². The van der Waals surface area contributed by atoms with E-state index in [0.29, 0.717) is 88.7 Å². The van der Waals surface area contributed by atoms with Gasteiger partial charge in [0.25, 0.3) is 0 Å². The van der Waals surface area contributed by atoms with Crippen LogP contribution in [-0.4, -0.2) is 134 Å². The third-order valence-electron chi connectivity index (χ3n) is 19.2. The van der Waals surface area contributed by atoms with Crippen molar-refractivity contribution in [1.82, 2.24) is 10.2 Å². The monoisotopic (exact) mass is 822 g/mol. The van der Waals surface area contributed by atoms with E-state index in [1.807, 2.05) is 11.8 Å². The first kappa shape index (κ1) is 41.1. The summed E-state index contributed by atoms with van der Waals surface area (Å²) in [6.45, 7) is 6.72. The second kappa shape index (κ2) is 13.5. The van der Waals surface area contributed by atoms with Gasteiger partial charge in [0.2, 0.25) is 11.7 Å². The molecular weight excluding hydrogens is 757 g/mol. The number of amides is 1. The van der Waals surface area contributed by atoms with Crippen molar-refractivity contribution in [2.45, 2.75) is 164 Å². The van der Waals surface area contributed by atoms with Gasteiger partial charge in [0.1, 0.15) is 24.0 Å². The van der Waals surface area contributed by atoms with Gasteiger partial charge in [-0.1, -0.05) is 32.6 Å². The van der Waals surface area contributed by atoms with Gasteiger partial charge in [-0.25, -0.2) is 0 Å². The number of Topliss-reactive ketones (excluding diaryl/α,β-unsaturated/α-hetero) is 1. The van der Waals surface area contributed by atoms with Crippen LogP contribution >= 0.6 is 0 Å². The lowest BCUT2D eigenvalue weighted by Crippen LogP contribution is -2.71. The van der Waals surface area contributed by atoms with Crippen LogP contribution in [0, 0.1) is 63.1 Å². The van der Waals surface area contributed by atoms with Crippen LogP contribution in [0.4, 0.5) is 0 Å². The van der Waals surface area contributed by atoms with E-state index in [-0.39, 0.29) is 42.1 Å². The fourth-order valence-corrected chi connectivity index (χ4v) is 16.1. The fourth-order valence-electron chi connectivity index (χ4n) is 16.1. The highest BCUT2D eigenvalue weighted by atomic mass is 16.6. The van der Waals surface area contributed by atoms with Crippen LogP contribution in [0.25, 0.3) is 0 Å². The smallest absolute Gasteiger partial charge is 0.240 e. The van der Waals surface area contributed by atoms with Crippen LogP contribution in [0.3, 0.4) is 0 Å². The molecule has 0 radical (unpaired) electrons. The first-order valence-corrected chi connectivity index (χ1v) is 22.8. The Hall–Kier alpha value is -1.96. The summed E-state index contributed by atoms with van der Waals surface area (Å²) >= 11 is 0. The van der Waals surface area contributed by atoms with E-state index in [0.717, 1.165) is 25.7 Å². The molecule has 7 N–H and O–H groups in total. The number of aliphatic hydroxyl groups excluding tert-OH is 2. The van der Waals surface area contributed by atoms with Crippen LogP contribution in [0.5, 0.6) is 0 Å². The van der Waals surface area contributed by atoms with Crippen molar-refractivity contribution in [2.24, 2.45) is 51.2 Å². The molecule has 4 heterocycles. The van der Waals surface area contributed by atoms with Crippen molar-refractivity contribution in [1.29, 1.82) is 0 Å². The van der Waals surface area contributed by atoms with Crippen molar-refractivity contribution >= 4 is 11.7 Å².